The van der Waals surface area contributed by atoms with Gasteiger partial charge in [-0.05, 0) is 100 Å². The zero-order valence-electron chi connectivity index (χ0n) is 51.5. The Morgan fingerprint density at radius 2 is 0.604 bits per heavy atom. The lowest BCUT2D eigenvalue weighted by Gasteiger charge is -2.21. The van der Waals surface area contributed by atoms with Gasteiger partial charge in [0.1, 0.15) is 0 Å². The fourth-order valence-corrected chi connectivity index (χ4v) is 13.4. The van der Waals surface area contributed by atoms with E-state index in [-0.39, 0.29) is 0 Å². The van der Waals surface area contributed by atoms with Gasteiger partial charge in [0.15, 0.2) is 40.6 Å². The van der Waals surface area contributed by atoms with Gasteiger partial charge in [0.25, 0.3) is 0 Å². The molecule has 4 heterocycles. The van der Waals surface area contributed by atoms with Crippen LogP contribution in [0.15, 0.2) is 315 Å². The first-order chi connectivity index (χ1) is 47.5. The van der Waals surface area contributed by atoms with E-state index >= 15 is 0 Å². The third-order valence-electron chi connectivity index (χ3n) is 17.9. The van der Waals surface area contributed by atoms with Crippen LogP contribution in [-0.2, 0) is 0 Å². The SMILES string of the molecule is [C-]#[N+]c1ccc(-c2ccc3c(c2)c2ccccc2n3-c2cccc(-c3nc(-c4ccccc4)nc(-c4ccccc4)n3)c2-c2cccc(-c3c(-c4nc(-c5ccccc5)nc(-c5ccccc5)n4)cccc3-n3c4ccccc4c4cc(-c5ccc(C#N)cc5)ccc43)c2)cc1. The van der Waals surface area contributed by atoms with Gasteiger partial charge in [0.2, 0.25) is 0 Å². The molecule has 13 aromatic carbocycles. The Bertz CT molecular complexity index is 5470. The second-order valence-corrected chi connectivity index (χ2v) is 23.6. The maximum Gasteiger partial charge on any atom is 0.187 e. The lowest BCUT2D eigenvalue weighted by molar-refractivity contribution is 1.07. The van der Waals surface area contributed by atoms with E-state index in [1.54, 1.807) is 0 Å². The summed E-state index contributed by atoms with van der Waals surface area (Å²) in [4.78, 5) is 35.8. The molecule has 0 amide bonds. The molecule has 446 valence electrons. The smallest absolute Gasteiger partial charge is 0.187 e. The summed E-state index contributed by atoms with van der Waals surface area (Å²) in [7, 11) is 0. The number of benzene rings is 13. The van der Waals surface area contributed by atoms with Crippen molar-refractivity contribution >= 4 is 49.3 Å². The fourth-order valence-electron chi connectivity index (χ4n) is 13.4. The third kappa shape index (κ3) is 10.1. The van der Waals surface area contributed by atoms with Crippen molar-refractivity contribution in [2.45, 2.75) is 0 Å². The van der Waals surface area contributed by atoms with E-state index in [0.29, 0.717) is 46.2 Å². The van der Waals surface area contributed by atoms with Gasteiger partial charge >= 0.3 is 0 Å². The Balaban J connectivity index is 0.955. The van der Waals surface area contributed by atoms with Crippen molar-refractivity contribution in [1.29, 1.82) is 5.26 Å². The summed E-state index contributed by atoms with van der Waals surface area (Å²) in [6.07, 6.45) is 0. The Labute approximate surface area is 553 Å². The first kappa shape index (κ1) is 56.4. The molecule has 96 heavy (non-hydrogen) atoms. The minimum absolute atomic E-state index is 0.508. The molecule has 10 nitrogen and oxygen atoms in total. The normalized spacial score (nSPS) is 11.3. The van der Waals surface area contributed by atoms with Crippen LogP contribution in [0.2, 0.25) is 0 Å². The Hall–Kier alpha value is -13.5. The first-order valence-corrected chi connectivity index (χ1v) is 31.7. The van der Waals surface area contributed by atoms with Crippen LogP contribution >= 0.6 is 0 Å². The Kier molecular flexibility index (Phi) is 14.1. The van der Waals surface area contributed by atoms with Crippen LogP contribution in [0.5, 0.6) is 0 Å². The molecule has 10 heteroatoms. The lowest BCUT2D eigenvalue weighted by Crippen LogP contribution is -2.05. The largest absolute Gasteiger partial charge is 0.309 e. The standard InChI is InChI=1S/C86H52N10/c1-88-66-47-43-57(44-48-66)63-46-50-76-72(53-63)68-32-15-17-36-74(68)96(76)78-38-20-34-70(86-93-83(60-25-10-4-11-26-60)90-84(94-86)61-27-12-5-13-28-61)80(78)65-30-18-29-64(51-65)79-69(85-91-81(58-21-6-2-7-22-58)89-82(92-85)59-23-8-3-9-24-59)33-19-37-77(79)95-73-35-16-14-31-67(73)71-52-62(45-49-75(71)95)56-41-39-55(54-87)40-42-56/h2-53H. The molecule has 4 aromatic heterocycles. The molecule has 17 rings (SSSR count). The van der Waals surface area contributed by atoms with Crippen LogP contribution in [0.4, 0.5) is 5.69 Å². The second kappa shape index (κ2) is 23.9. The predicted molar refractivity (Wildman–Crippen MR) is 387 cm³/mol. The number of hydrogen-bond donors (Lipinski definition) is 0. The van der Waals surface area contributed by atoms with Crippen molar-refractivity contribution in [3.63, 3.8) is 0 Å². The molecule has 0 atom stereocenters. The first-order valence-electron chi connectivity index (χ1n) is 31.7. The molecule has 0 fully saturated rings. The molecule has 0 aliphatic heterocycles. The molecule has 0 bridgehead atoms. The van der Waals surface area contributed by atoms with Crippen molar-refractivity contribution in [1.82, 2.24) is 39.0 Å². The van der Waals surface area contributed by atoms with E-state index < -0.39 is 0 Å². The molecule has 0 unspecified atom stereocenters. The highest BCUT2D eigenvalue weighted by atomic mass is 15.1. The van der Waals surface area contributed by atoms with Crippen molar-refractivity contribution in [3.8, 4) is 130 Å². The van der Waals surface area contributed by atoms with Crippen LogP contribution in [0.1, 0.15) is 5.56 Å². The van der Waals surface area contributed by atoms with Gasteiger partial charge in [-0.25, -0.2) is 34.7 Å². The molecule has 0 saturated heterocycles. The summed E-state index contributed by atoms with van der Waals surface area (Å²) in [6.45, 7) is 7.65. The number of rotatable bonds is 12. The molecule has 0 aliphatic rings. The summed E-state index contributed by atoms with van der Waals surface area (Å²) in [5.74, 6) is 3.22. The number of fused-ring (bicyclic) bond motifs is 6. The van der Waals surface area contributed by atoms with E-state index in [0.717, 1.165) is 133 Å². The molecule has 0 N–H and O–H groups in total. The van der Waals surface area contributed by atoms with Crippen molar-refractivity contribution in [2.75, 3.05) is 0 Å². The average molecular weight is 1230 g/mol. The molecule has 0 radical (unpaired) electrons. The van der Waals surface area contributed by atoms with Gasteiger partial charge < -0.3 is 9.13 Å². The van der Waals surface area contributed by atoms with E-state index in [2.05, 4.69) is 166 Å². The van der Waals surface area contributed by atoms with Gasteiger partial charge in [-0.15, -0.1) is 0 Å². The van der Waals surface area contributed by atoms with E-state index in [1.807, 2.05) is 170 Å². The maximum absolute atomic E-state index is 9.71. The molecular weight excluding hydrogens is 1170 g/mol. The number of para-hydroxylation sites is 2. The third-order valence-corrected chi connectivity index (χ3v) is 17.9. The van der Waals surface area contributed by atoms with Crippen LogP contribution in [0.3, 0.4) is 0 Å². The van der Waals surface area contributed by atoms with Gasteiger partial charge in [-0.1, -0.05) is 249 Å². The molecular formula is C86H52N10. The van der Waals surface area contributed by atoms with Gasteiger partial charge in [-0.3, -0.25) is 0 Å². The zero-order chi connectivity index (χ0) is 64.1. The summed E-state index contributed by atoms with van der Waals surface area (Å²) >= 11 is 0. The minimum Gasteiger partial charge on any atom is -0.309 e. The highest BCUT2D eigenvalue weighted by Crippen LogP contribution is 2.47. The summed E-state index contributed by atoms with van der Waals surface area (Å²) < 4.78 is 4.76. The van der Waals surface area contributed by atoms with E-state index in [1.165, 1.54) is 0 Å². The number of aromatic nitrogens is 8. The predicted octanol–water partition coefficient (Wildman–Crippen LogP) is 21.3. The summed E-state index contributed by atoms with van der Waals surface area (Å²) in [5.41, 5.74) is 19.9. The maximum atomic E-state index is 9.71. The Morgan fingerprint density at radius 1 is 0.271 bits per heavy atom. The van der Waals surface area contributed by atoms with Gasteiger partial charge in [-0.2, -0.15) is 5.26 Å². The molecule has 0 spiro atoms. The summed E-state index contributed by atoms with van der Waals surface area (Å²) in [6, 6.07) is 110. The van der Waals surface area contributed by atoms with Crippen molar-refractivity contribution in [3.05, 3.63) is 332 Å². The monoisotopic (exact) mass is 1220 g/mol. The topological polar surface area (TPSA) is 115 Å². The summed E-state index contributed by atoms with van der Waals surface area (Å²) in [5, 5.41) is 14.0. The van der Waals surface area contributed by atoms with Crippen molar-refractivity contribution in [2.24, 2.45) is 0 Å². The van der Waals surface area contributed by atoms with Gasteiger partial charge in [0.05, 0.1) is 51.6 Å². The number of nitriles is 1. The Morgan fingerprint density at radius 3 is 1.00 bits per heavy atom. The fraction of sp³-hybridized carbons (Fsp3) is 0. The number of nitrogens with zero attached hydrogens (tertiary/aromatic N) is 10. The lowest BCUT2D eigenvalue weighted by atomic mass is 9.91. The van der Waals surface area contributed by atoms with Crippen LogP contribution < -0.4 is 0 Å². The second-order valence-electron chi connectivity index (χ2n) is 23.6. The minimum atomic E-state index is 0.508. The van der Waals surface area contributed by atoms with E-state index in [4.69, 9.17) is 36.5 Å². The molecule has 0 saturated carbocycles. The highest BCUT2D eigenvalue weighted by molar-refractivity contribution is 6.13. The van der Waals surface area contributed by atoms with Crippen LogP contribution in [0, 0.1) is 17.9 Å². The van der Waals surface area contributed by atoms with Gasteiger partial charge in [0, 0.05) is 66.1 Å². The van der Waals surface area contributed by atoms with Crippen LogP contribution in [0.25, 0.3) is 173 Å². The average Bonchev–Trinajstić information content (AvgIpc) is 1.47. The quantitative estimate of drug-likeness (QED) is 0.112. The highest BCUT2D eigenvalue weighted by Gasteiger charge is 2.26. The van der Waals surface area contributed by atoms with Crippen LogP contribution in [-0.4, -0.2) is 39.0 Å². The molecule has 0 aliphatic carbocycles. The number of hydrogen-bond acceptors (Lipinski definition) is 7. The van der Waals surface area contributed by atoms with E-state index in [9.17, 15) is 5.26 Å². The van der Waals surface area contributed by atoms with Crippen molar-refractivity contribution < 1.29 is 0 Å². The molecule has 17 aromatic rings. The zero-order valence-corrected chi connectivity index (χ0v) is 51.5.